The normalized spacial score (nSPS) is 36.4. The summed E-state index contributed by atoms with van der Waals surface area (Å²) < 4.78 is 11.8. The Balaban J connectivity index is 2.05. The monoisotopic (exact) mass is 233 g/mol. The fourth-order valence-electron chi connectivity index (χ4n) is 3.06. The molecule has 0 saturated carbocycles. The molecule has 2 fully saturated rings. The van der Waals surface area contributed by atoms with E-state index in [9.17, 15) is 0 Å². The average Bonchev–Trinajstić information content (AvgIpc) is 2.62. The van der Waals surface area contributed by atoms with Gasteiger partial charge < -0.3 is 9.47 Å². The van der Waals surface area contributed by atoms with Crippen LogP contribution < -0.4 is 0 Å². The molecular formula is C14H19NO2. The Morgan fingerprint density at radius 3 is 2.65 bits per heavy atom. The first kappa shape index (κ1) is 11.2. The van der Waals surface area contributed by atoms with Gasteiger partial charge in [-0.15, -0.1) is 0 Å². The molecule has 2 bridgehead atoms. The van der Waals surface area contributed by atoms with Gasteiger partial charge in [-0.1, -0.05) is 30.3 Å². The van der Waals surface area contributed by atoms with E-state index in [1.54, 1.807) is 0 Å². The number of fused-ring (bicyclic) bond motifs is 2. The lowest BCUT2D eigenvalue weighted by atomic mass is 9.85. The molecule has 92 valence electrons. The van der Waals surface area contributed by atoms with Gasteiger partial charge in [0.15, 0.2) is 6.29 Å². The zero-order chi connectivity index (χ0) is 11.9. The zero-order valence-corrected chi connectivity index (χ0v) is 10.4. The summed E-state index contributed by atoms with van der Waals surface area (Å²) in [5, 5.41) is 0. The molecule has 0 aliphatic carbocycles. The van der Waals surface area contributed by atoms with Gasteiger partial charge in [0.05, 0.1) is 18.2 Å². The van der Waals surface area contributed by atoms with Gasteiger partial charge in [-0.05, 0) is 26.1 Å². The summed E-state index contributed by atoms with van der Waals surface area (Å²) in [5.74, 6) is 0. The second-order valence-electron chi connectivity index (χ2n) is 5.14. The summed E-state index contributed by atoms with van der Waals surface area (Å²) in [6.07, 6.45) is 2.25. The van der Waals surface area contributed by atoms with Crippen molar-refractivity contribution < 1.29 is 9.47 Å². The number of hydrogen-bond acceptors (Lipinski definition) is 3. The first-order chi connectivity index (χ1) is 8.23. The molecule has 0 unspecified atom stereocenters. The lowest BCUT2D eigenvalue weighted by Gasteiger charge is -2.39. The highest BCUT2D eigenvalue weighted by Crippen LogP contribution is 2.46. The van der Waals surface area contributed by atoms with E-state index in [0.29, 0.717) is 6.10 Å². The van der Waals surface area contributed by atoms with Crippen molar-refractivity contribution in [2.24, 2.45) is 0 Å². The number of hydrogen-bond donors (Lipinski definition) is 0. The molecule has 3 rings (SSSR count). The quantitative estimate of drug-likeness (QED) is 0.779. The van der Waals surface area contributed by atoms with E-state index in [4.69, 9.17) is 9.47 Å². The molecule has 2 aliphatic rings. The smallest absolute Gasteiger partial charge is 0.180 e. The Labute approximate surface area is 102 Å². The van der Waals surface area contributed by atoms with Gasteiger partial charge >= 0.3 is 0 Å². The number of likely N-dealkylation sites (N-methyl/N-ethyl adjacent to an activating group) is 1. The lowest BCUT2D eigenvalue weighted by Crippen LogP contribution is -2.48. The molecule has 0 radical (unpaired) electrons. The summed E-state index contributed by atoms with van der Waals surface area (Å²) in [4.78, 5) is 2.25. The van der Waals surface area contributed by atoms with Gasteiger partial charge in [0.1, 0.15) is 0 Å². The molecule has 0 amide bonds. The molecule has 0 aromatic heterocycles. The van der Waals surface area contributed by atoms with E-state index in [1.807, 2.05) is 0 Å². The summed E-state index contributed by atoms with van der Waals surface area (Å²) in [5.41, 5.74) is 1.17. The topological polar surface area (TPSA) is 21.7 Å². The van der Waals surface area contributed by atoms with Crippen molar-refractivity contribution in [1.29, 1.82) is 0 Å². The Bertz CT molecular complexity index is 392. The van der Waals surface area contributed by atoms with Gasteiger partial charge in [0.2, 0.25) is 0 Å². The number of benzene rings is 1. The Morgan fingerprint density at radius 1 is 1.24 bits per heavy atom. The second-order valence-corrected chi connectivity index (χ2v) is 5.14. The van der Waals surface area contributed by atoms with Crippen LogP contribution in [-0.4, -0.2) is 38.0 Å². The first-order valence-electron chi connectivity index (χ1n) is 6.23. The van der Waals surface area contributed by atoms with Crippen molar-refractivity contribution >= 4 is 0 Å². The summed E-state index contributed by atoms with van der Waals surface area (Å²) in [6.45, 7) is 0.817. The molecule has 17 heavy (non-hydrogen) atoms. The molecule has 0 spiro atoms. The maximum Gasteiger partial charge on any atom is 0.180 e. The predicted octanol–water partition coefficient (Wildman–Crippen LogP) is 1.98. The lowest BCUT2D eigenvalue weighted by molar-refractivity contribution is -0.209. The van der Waals surface area contributed by atoms with Crippen LogP contribution in [0.5, 0.6) is 0 Å². The third kappa shape index (κ3) is 1.61. The van der Waals surface area contributed by atoms with Gasteiger partial charge in [-0.25, -0.2) is 0 Å². The molecular weight excluding hydrogens is 214 g/mol. The van der Waals surface area contributed by atoms with E-state index in [-0.39, 0.29) is 11.8 Å². The van der Waals surface area contributed by atoms with Gasteiger partial charge in [-0.3, -0.25) is 4.90 Å². The minimum absolute atomic E-state index is 0.123. The van der Waals surface area contributed by atoms with E-state index >= 15 is 0 Å². The van der Waals surface area contributed by atoms with Crippen LogP contribution in [0.15, 0.2) is 30.3 Å². The molecule has 2 saturated heterocycles. The highest BCUT2D eigenvalue weighted by Gasteiger charge is 2.53. The molecule has 3 atom stereocenters. The van der Waals surface area contributed by atoms with Crippen molar-refractivity contribution in [1.82, 2.24) is 4.90 Å². The molecule has 1 aromatic carbocycles. The van der Waals surface area contributed by atoms with Gasteiger partial charge in [-0.2, -0.15) is 0 Å². The maximum atomic E-state index is 5.97. The maximum absolute atomic E-state index is 5.97. The van der Waals surface area contributed by atoms with Crippen LogP contribution in [-0.2, 0) is 15.0 Å². The highest BCUT2D eigenvalue weighted by molar-refractivity contribution is 5.27. The third-order valence-corrected chi connectivity index (χ3v) is 4.03. The van der Waals surface area contributed by atoms with Crippen LogP contribution in [0, 0.1) is 0 Å². The summed E-state index contributed by atoms with van der Waals surface area (Å²) in [7, 11) is 4.22. The Morgan fingerprint density at radius 2 is 2.00 bits per heavy atom. The molecule has 3 heteroatoms. The number of nitrogens with zero attached hydrogens (tertiary/aromatic N) is 1. The van der Waals surface area contributed by atoms with E-state index in [2.05, 4.69) is 49.3 Å². The fourth-order valence-corrected chi connectivity index (χ4v) is 3.06. The minimum atomic E-state index is -0.126. The van der Waals surface area contributed by atoms with E-state index in [1.165, 1.54) is 5.56 Å². The van der Waals surface area contributed by atoms with Gasteiger partial charge in [0.25, 0.3) is 0 Å². The number of rotatable bonds is 2. The van der Waals surface area contributed by atoms with Crippen LogP contribution in [0.4, 0.5) is 0 Å². The predicted molar refractivity (Wildman–Crippen MR) is 65.7 cm³/mol. The Hall–Kier alpha value is -0.900. The third-order valence-electron chi connectivity index (χ3n) is 4.03. The van der Waals surface area contributed by atoms with Crippen molar-refractivity contribution in [3.8, 4) is 0 Å². The van der Waals surface area contributed by atoms with Crippen molar-refractivity contribution in [3.05, 3.63) is 35.9 Å². The molecule has 3 nitrogen and oxygen atoms in total. The summed E-state index contributed by atoms with van der Waals surface area (Å²) >= 11 is 0. The number of ether oxygens (including phenoxy) is 2. The zero-order valence-electron chi connectivity index (χ0n) is 10.4. The van der Waals surface area contributed by atoms with E-state index < -0.39 is 0 Å². The van der Waals surface area contributed by atoms with Crippen LogP contribution in [0.1, 0.15) is 18.4 Å². The summed E-state index contributed by atoms with van der Waals surface area (Å²) in [6, 6.07) is 10.6. The largest absolute Gasteiger partial charge is 0.350 e. The van der Waals surface area contributed by atoms with E-state index in [0.717, 1.165) is 19.4 Å². The second kappa shape index (κ2) is 4.09. The van der Waals surface area contributed by atoms with Crippen LogP contribution in [0.25, 0.3) is 0 Å². The minimum Gasteiger partial charge on any atom is -0.350 e. The molecule has 1 aromatic rings. The van der Waals surface area contributed by atoms with Crippen LogP contribution in [0.3, 0.4) is 0 Å². The van der Waals surface area contributed by atoms with Gasteiger partial charge in [0, 0.05) is 6.42 Å². The van der Waals surface area contributed by atoms with Crippen LogP contribution in [0.2, 0.25) is 0 Å². The van der Waals surface area contributed by atoms with Crippen molar-refractivity contribution in [2.45, 2.75) is 30.8 Å². The Kier molecular flexibility index (Phi) is 2.69. The molecule has 0 N–H and O–H groups in total. The molecule has 2 heterocycles. The average molecular weight is 233 g/mol. The molecule has 2 aliphatic heterocycles. The highest BCUT2D eigenvalue weighted by atomic mass is 16.7. The SMILES string of the molecule is CN(C)[C@@]1(c2ccccc2)C[C@H]2CCO[C@@H]1O2. The van der Waals surface area contributed by atoms with Crippen LogP contribution >= 0.6 is 0 Å². The first-order valence-corrected chi connectivity index (χ1v) is 6.23. The fraction of sp³-hybridized carbons (Fsp3) is 0.571. The van der Waals surface area contributed by atoms with Crippen molar-refractivity contribution in [3.63, 3.8) is 0 Å². The van der Waals surface area contributed by atoms with Crippen molar-refractivity contribution in [2.75, 3.05) is 20.7 Å². The standard InChI is InChI=1S/C14H19NO2/c1-15(2)14(11-6-4-3-5-7-11)10-12-8-9-16-13(14)17-12/h3-7,12-13H,8-10H2,1-2H3/t12-,13-,14-/m1/s1.